The number of amides is 2. The molecule has 13 heteroatoms. The lowest BCUT2D eigenvalue weighted by Crippen LogP contribution is -2.52. The fourth-order valence-electron chi connectivity index (χ4n) is 4.06. The van der Waals surface area contributed by atoms with Gasteiger partial charge in [-0.3, -0.25) is 24.0 Å². The number of likely N-dealkylation sites (N-methyl/N-ethyl adjacent to an activating group) is 1. The number of rotatable bonds is 12. The number of carbonyl (C=O) groups is 2. The number of nitrogens with one attached hydrogen (secondary N) is 1. The van der Waals surface area contributed by atoms with Crippen molar-refractivity contribution < 1.29 is 22.9 Å². The van der Waals surface area contributed by atoms with Gasteiger partial charge in [-0.1, -0.05) is 60.5 Å². The fraction of sp³-hybridized carbons (Fsp3) is 0.259. The molecular weight excluding hydrogens is 579 g/mol. The van der Waals surface area contributed by atoms with Crippen molar-refractivity contribution >= 4 is 56.4 Å². The fourth-order valence-corrected chi connectivity index (χ4v) is 5.95. The highest BCUT2D eigenvalue weighted by atomic mass is 35.5. The van der Waals surface area contributed by atoms with Gasteiger partial charge in [0.05, 0.1) is 15.5 Å². The lowest BCUT2D eigenvalue weighted by atomic mass is 10.1. The standard InChI is InChI=1S/C27H28Cl2N4O6S/c1-3-25(27(35)30-4-2)31(17-19-13-14-20(28)15-24(19)29)26(34)18-32(21-9-8-10-22(16-21)33(36)37)40(38,39)23-11-6-5-7-12-23/h5-16,25H,3-4,17-18H2,1-2H3,(H,30,35)/t25-/m1/s1. The molecule has 3 rings (SSSR count). The molecule has 0 radical (unpaired) electrons. The lowest BCUT2D eigenvalue weighted by molar-refractivity contribution is -0.384. The summed E-state index contributed by atoms with van der Waals surface area (Å²) in [5.74, 6) is -1.13. The Morgan fingerprint density at radius 1 is 1.00 bits per heavy atom. The van der Waals surface area contributed by atoms with E-state index in [1.807, 2.05) is 0 Å². The third-order valence-electron chi connectivity index (χ3n) is 6.03. The van der Waals surface area contributed by atoms with Crippen molar-refractivity contribution in [3.8, 4) is 0 Å². The van der Waals surface area contributed by atoms with Crippen molar-refractivity contribution in [2.24, 2.45) is 0 Å². The number of benzene rings is 3. The van der Waals surface area contributed by atoms with Crippen LogP contribution in [0.3, 0.4) is 0 Å². The second-order valence-corrected chi connectivity index (χ2v) is 11.4. The van der Waals surface area contributed by atoms with Crippen LogP contribution in [-0.4, -0.2) is 49.2 Å². The average Bonchev–Trinajstić information content (AvgIpc) is 2.93. The second-order valence-electron chi connectivity index (χ2n) is 8.68. The van der Waals surface area contributed by atoms with Crippen LogP contribution >= 0.6 is 23.2 Å². The first-order chi connectivity index (χ1) is 19.0. The summed E-state index contributed by atoms with van der Waals surface area (Å²) in [6.45, 7) is 2.94. The van der Waals surface area contributed by atoms with Crippen molar-refractivity contribution in [3.05, 3.63) is 98.5 Å². The molecule has 0 aromatic heterocycles. The molecule has 3 aromatic rings. The molecule has 2 amide bonds. The summed E-state index contributed by atoms with van der Waals surface area (Å²) < 4.78 is 28.3. The molecule has 0 saturated carbocycles. The molecule has 3 aromatic carbocycles. The zero-order valence-electron chi connectivity index (χ0n) is 21.8. The van der Waals surface area contributed by atoms with Crippen molar-refractivity contribution in [2.45, 2.75) is 37.8 Å². The number of halogens is 2. The molecule has 1 N–H and O–H groups in total. The molecular formula is C27H28Cl2N4O6S. The Morgan fingerprint density at radius 3 is 2.30 bits per heavy atom. The van der Waals surface area contributed by atoms with Crippen molar-refractivity contribution in [1.82, 2.24) is 10.2 Å². The first-order valence-corrected chi connectivity index (χ1v) is 14.5. The lowest BCUT2D eigenvalue weighted by Gasteiger charge is -2.33. The van der Waals surface area contributed by atoms with Gasteiger partial charge in [0.25, 0.3) is 15.7 Å². The molecule has 0 aliphatic heterocycles. The quantitative estimate of drug-likeness (QED) is 0.227. The number of hydrogen-bond acceptors (Lipinski definition) is 6. The van der Waals surface area contributed by atoms with Crippen LogP contribution in [0.2, 0.25) is 10.0 Å². The van der Waals surface area contributed by atoms with E-state index in [1.54, 1.807) is 32.0 Å². The summed E-state index contributed by atoms with van der Waals surface area (Å²) >= 11 is 12.4. The summed E-state index contributed by atoms with van der Waals surface area (Å²) in [5, 5.41) is 14.8. The number of hydrogen-bond donors (Lipinski definition) is 1. The minimum atomic E-state index is -4.36. The maximum atomic E-state index is 14.0. The first kappa shape index (κ1) is 30.9. The summed E-state index contributed by atoms with van der Waals surface area (Å²) in [5.41, 5.74) is 0.0636. The highest BCUT2D eigenvalue weighted by Gasteiger charge is 2.34. The zero-order chi connectivity index (χ0) is 29.4. The molecule has 0 heterocycles. The Morgan fingerprint density at radius 2 is 1.70 bits per heavy atom. The van der Waals surface area contributed by atoms with E-state index in [0.717, 1.165) is 10.4 Å². The predicted molar refractivity (Wildman–Crippen MR) is 154 cm³/mol. The number of carbonyl (C=O) groups excluding carboxylic acids is 2. The van der Waals surface area contributed by atoms with E-state index in [0.29, 0.717) is 17.1 Å². The molecule has 10 nitrogen and oxygen atoms in total. The van der Waals surface area contributed by atoms with E-state index in [1.165, 1.54) is 53.4 Å². The van der Waals surface area contributed by atoms with Gasteiger partial charge in [-0.2, -0.15) is 0 Å². The molecule has 40 heavy (non-hydrogen) atoms. The maximum Gasteiger partial charge on any atom is 0.271 e. The van der Waals surface area contributed by atoms with E-state index < -0.39 is 39.3 Å². The zero-order valence-corrected chi connectivity index (χ0v) is 24.1. The van der Waals surface area contributed by atoms with Crippen molar-refractivity contribution in [3.63, 3.8) is 0 Å². The molecule has 0 aliphatic carbocycles. The van der Waals surface area contributed by atoms with Crippen LogP contribution in [0.15, 0.2) is 77.7 Å². The number of sulfonamides is 1. The van der Waals surface area contributed by atoms with Crippen LogP contribution in [0.5, 0.6) is 0 Å². The Kier molecular flexibility index (Phi) is 10.5. The monoisotopic (exact) mass is 606 g/mol. The largest absolute Gasteiger partial charge is 0.355 e. The second kappa shape index (κ2) is 13.6. The summed E-state index contributed by atoms with van der Waals surface area (Å²) in [6, 6.07) is 16.2. The maximum absolute atomic E-state index is 14.0. The van der Waals surface area contributed by atoms with Crippen molar-refractivity contribution in [1.29, 1.82) is 0 Å². The van der Waals surface area contributed by atoms with Gasteiger partial charge in [0, 0.05) is 35.3 Å². The van der Waals surface area contributed by atoms with Crippen LogP contribution in [0.4, 0.5) is 11.4 Å². The highest BCUT2D eigenvalue weighted by molar-refractivity contribution is 7.92. The summed E-state index contributed by atoms with van der Waals surface area (Å²) in [7, 11) is -4.36. The number of nitro benzene ring substituents is 1. The minimum absolute atomic E-state index is 0.0815. The molecule has 0 saturated heterocycles. The van der Waals surface area contributed by atoms with Crippen LogP contribution in [-0.2, 0) is 26.2 Å². The predicted octanol–water partition coefficient (Wildman–Crippen LogP) is 5.04. The van der Waals surface area contributed by atoms with Gasteiger partial charge in [-0.05, 0) is 49.2 Å². The Bertz CT molecular complexity index is 1490. The van der Waals surface area contributed by atoms with Crippen LogP contribution in [0.25, 0.3) is 0 Å². The molecule has 0 aliphatic rings. The molecule has 0 spiro atoms. The minimum Gasteiger partial charge on any atom is -0.355 e. The summed E-state index contributed by atoms with van der Waals surface area (Å²) in [4.78, 5) is 38.9. The number of nitro groups is 1. The Hall–Kier alpha value is -3.67. The van der Waals surface area contributed by atoms with E-state index in [2.05, 4.69) is 5.32 Å². The van der Waals surface area contributed by atoms with Gasteiger partial charge < -0.3 is 10.2 Å². The molecule has 0 unspecified atom stereocenters. The van der Waals surface area contributed by atoms with Crippen LogP contribution < -0.4 is 9.62 Å². The Labute approximate surface area is 242 Å². The van der Waals surface area contributed by atoms with E-state index in [-0.39, 0.29) is 34.3 Å². The number of anilines is 1. The first-order valence-electron chi connectivity index (χ1n) is 12.3. The topological polar surface area (TPSA) is 130 Å². The van der Waals surface area contributed by atoms with Crippen LogP contribution in [0, 0.1) is 10.1 Å². The van der Waals surface area contributed by atoms with E-state index in [9.17, 15) is 28.1 Å². The molecule has 0 bridgehead atoms. The molecule has 1 atom stereocenters. The van der Waals surface area contributed by atoms with Crippen molar-refractivity contribution in [2.75, 3.05) is 17.4 Å². The SMILES string of the molecule is CCNC(=O)[C@@H](CC)N(Cc1ccc(Cl)cc1Cl)C(=O)CN(c1cccc([N+](=O)[O-])c1)S(=O)(=O)c1ccccc1. The van der Waals surface area contributed by atoms with E-state index in [4.69, 9.17) is 23.2 Å². The third-order valence-corrected chi connectivity index (χ3v) is 8.41. The van der Waals surface area contributed by atoms with Gasteiger partial charge in [-0.15, -0.1) is 0 Å². The van der Waals surface area contributed by atoms with E-state index >= 15 is 0 Å². The van der Waals surface area contributed by atoms with Crippen LogP contribution in [0.1, 0.15) is 25.8 Å². The average molecular weight is 608 g/mol. The normalized spacial score (nSPS) is 11.9. The number of nitrogens with zero attached hydrogens (tertiary/aromatic N) is 3. The van der Waals surface area contributed by atoms with Gasteiger partial charge in [0.1, 0.15) is 12.6 Å². The molecule has 212 valence electrons. The van der Waals surface area contributed by atoms with Gasteiger partial charge >= 0.3 is 0 Å². The molecule has 0 fully saturated rings. The highest BCUT2D eigenvalue weighted by Crippen LogP contribution is 2.28. The van der Waals surface area contributed by atoms with Gasteiger partial charge in [-0.25, -0.2) is 8.42 Å². The van der Waals surface area contributed by atoms with Gasteiger partial charge in [0.2, 0.25) is 11.8 Å². The summed E-state index contributed by atoms with van der Waals surface area (Å²) in [6.07, 6.45) is 0.227. The number of non-ortho nitro benzene ring substituents is 1. The third kappa shape index (κ3) is 7.29. The Balaban J connectivity index is 2.11. The smallest absolute Gasteiger partial charge is 0.271 e. The van der Waals surface area contributed by atoms with Gasteiger partial charge in [0.15, 0.2) is 0 Å².